The minimum absolute atomic E-state index is 0.111. The lowest BCUT2D eigenvalue weighted by Gasteiger charge is -2.10. The van der Waals surface area contributed by atoms with E-state index in [2.05, 4.69) is 10.5 Å². The number of hydrogen-bond acceptors (Lipinski definition) is 8. The van der Waals surface area contributed by atoms with E-state index in [1.165, 1.54) is 25.3 Å². The molecule has 1 aromatic heterocycles. The van der Waals surface area contributed by atoms with Gasteiger partial charge in [-0.2, -0.15) is 0 Å². The molecule has 1 aromatic carbocycles. The molecule has 1 N–H and O–H groups in total. The maximum absolute atomic E-state index is 11.9. The summed E-state index contributed by atoms with van der Waals surface area (Å²) in [6.07, 6.45) is 0. The summed E-state index contributed by atoms with van der Waals surface area (Å²) in [6.45, 7) is 2.58. The number of carbonyl (C=O) groups is 2. The first-order valence-corrected chi connectivity index (χ1v) is 7.05. The molecule has 0 aliphatic heterocycles. The highest BCUT2D eigenvalue weighted by molar-refractivity contribution is 5.97. The lowest BCUT2D eigenvalue weighted by molar-refractivity contribution is -0.384. The van der Waals surface area contributed by atoms with E-state index < -0.39 is 23.4 Å². The number of nitrogens with one attached hydrogen (secondary N) is 1. The van der Waals surface area contributed by atoms with Gasteiger partial charge >= 0.3 is 5.97 Å². The van der Waals surface area contributed by atoms with Gasteiger partial charge in [0.05, 0.1) is 29.5 Å². The highest BCUT2D eigenvalue weighted by Gasteiger charge is 2.20. The predicted molar refractivity (Wildman–Crippen MR) is 84.5 cm³/mol. The maximum atomic E-state index is 11.9. The van der Waals surface area contributed by atoms with Crippen LogP contribution in [-0.2, 0) is 9.53 Å². The summed E-state index contributed by atoms with van der Waals surface area (Å²) in [6, 6.07) is 3.71. The van der Waals surface area contributed by atoms with Crippen molar-refractivity contribution in [3.8, 4) is 5.75 Å². The number of rotatable bonds is 6. The predicted octanol–water partition coefficient (Wildman–Crippen LogP) is 2.00. The molecular weight excluding hydrogens is 334 g/mol. The Morgan fingerprint density at radius 2 is 2.08 bits per heavy atom. The Balaban J connectivity index is 2.01. The molecular formula is C15H15N3O7. The Morgan fingerprint density at radius 1 is 1.36 bits per heavy atom. The maximum Gasteiger partial charge on any atom is 0.344 e. The van der Waals surface area contributed by atoms with Gasteiger partial charge in [0, 0.05) is 6.07 Å². The van der Waals surface area contributed by atoms with Crippen LogP contribution in [0.25, 0.3) is 0 Å². The molecule has 10 heteroatoms. The third-order valence-electron chi connectivity index (χ3n) is 3.24. The zero-order valence-corrected chi connectivity index (χ0v) is 13.7. The fourth-order valence-electron chi connectivity index (χ4n) is 2.06. The van der Waals surface area contributed by atoms with Crippen LogP contribution in [0, 0.1) is 24.0 Å². The van der Waals surface area contributed by atoms with Crippen molar-refractivity contribution in [2.75, 3.05) is 19.0 Å². The number of nitro benzene ring substituents is 1. The summed E-state index contributed by atoms with van der Waals surface area (Å²) in [5, 5.41) is 16.8. The number of hydrogen-bond donors (Lipinski definition) is 1. The van der Waals surface area contributed by atoms with Crippen molar-refractivity contribution in [3.63, 3.8) is 0 Å². The zero-order valence-electron chi connectivity index (χ0n) is 13.7. The third-order valence-corrected chi connectivity index (χ3v) is 3.24. The second-order valence-electron chi connectivity index (χ2n) is 4.97. The van der Waals surface area contributed by atoms with Crippen LogP contribution in [0.3, 0.4) is 0 Å². The summed E-state index contributed by atoms with van der Waals surface area (Å²) >= 11 is 0. The molecule has 1 heterocycles. The smallest absolute Gasteiger partial charge is 0.344 e. The van der Waals surface area contributed by atoms with E-state index in [-0.39, 0.29) is 22.7 Å². The molecule has 0 atom stereocenters. The fraction of sp³-hybridized carbons (Fsp3) is 0.267. The van der Waals surface area contributed by atoms with Crippen molar-refractivity contribution in [2.45, 2.75) is 13.8 Å². The number of methoxy groups -OCH3 is 1. The normalized spacial score (nSPS) is 10.2. The number of aryl methyl sites for hydroxylation is 2. The molecule has 0 saturated heterocycles. The number of benzene rings is 1. The van der Waals surface area contributed by atoms with E-state index in [1.54, 1.807) is 13.8 Å². The van der Waals surface area contributed by atoms with Gasteiger partial charge < -0.3 is 19.3 Å². The Labute approximate surface area is 141 Å². The molecule has 2 aromatic rings. The molecule has 0 aliphatic carbocycles. The van der Waals surface area contributed by atoms with Gasteiger partial charge in [0.1, 0.15) is 17.1 Å². The van der Waals surface area contributed by atoms with Crippen molar-refractivity contribution in [1.82, 2.24) is 5.16 Å². The number of nitrogens with zero attached hydrogens (tertiary/aromatic N) is 2. The molecule has 0 spiro atoms. The summed E-state index contributed by atoms with van der Waals surface area (Å²) in [4.78, 5) is 34.0. The van der Waals surface area contributed by atoms with Crippen molar-refractivity contribution in [1.29, 1.82) is 0 Å². The number of aromatic nitrogens is 1. The Hall–Kier alpha value is -3.43. The molecule has 0 radical (unpaired) electrons. The summed E-state index contributed by atoms with van der Waals surface area (Å²) in [5.41, 5.74) is 0.562. The molecule has 132 valence electrons. The second kappa shape index (κ2) is 7.43. The van der Waals surface area contributed by atoms with E-state index in [9.17, 15) is 19.7 Å². The van der Waals surface area contributed by atoms with Crippen LogP contribution < -0.4 is 10.1 Å². The molecule has 0 fully saturated rings. The van der Waals surface area contributed by atoms with Crippen LogP contribution in [0.2, 0.25) is 0 Å². The summed E-state index contributed by atoms with van der Waals surface area (Å²) in [5.74, 6) is -0.964. The van der Waals surface area contributed by atoms with Gasteiger partial charge in [-0.3, -0.25) is 14.9 Å². The summed E-state index contributed by atoms with van der Waals surface area (Å²) in [7, 11) is 1.31. The first-order chi connectivity index (χ1) is 11.8. The topological polar surface area (TPSA) is 134 Å². The van der Waals surface area contributed by atoms with Crippen molar-refractivity contribution in [2.24, 2.45) is 0 Å². The second-order valence-corrected chi connectivity index (χ2v) is 4.97. The van der Waals surface area contributed by atoms with Crippen LogP contribution in [0.15, 0.2) is 22.7 Å². The number of ether oxygens (including phenoxy) is 2. The Bertz CT molecular complexity index is 809. The van der Waals surface area contributed by atoms with Gasteiger partial charge in [-0.25, -0.2) is 4.79 Å². The first kappa shape index (κ1) is 17.9. The van der Waals surface area contributed by atoms with Crippen molar-refractivity contribution < 1.29 is 28.5 Å². The lowest BCUT2D eigenvalue weighted by Crippen LogP contribution is -2.21. The van der Waals surface area contributed by atoms with Crippen molar-refractivity contribution in [3.05, 3.63) is 45.3 Å². The molecule has 10 nitrogen and oxygen atoms in total. The SMILES string of the molecule is COc1cc([N+](=O)[O-])ccc1NC(=O)COC(=O)c1c(C)noc1C. The van der Waals surface area contributed by atoms with E-state index in [1.807, 2.05) is 0 Å². The minimum Gasteiger partial charge on any atom is -0.494 e. The Morgan fingerprint density at radius 3 is 2.64 bits per heavy atom. The van der Waals surface area contributed by atoms with E-state index in [0.29, 0.717) is 11.5 Å². The average Bonchev–Trinajstić information content (AvgIpc) is 2.91. The van der Waals surface area contributed by atoms with Gasteiger partial charge in [0.25, 0.3) is 11.6 Å². The molecule has 25 heavy (non-hydrogen) atoms. The van der Waals surface area contributed by atoms with E-state index in [4.69, 9.17) is 14.0 Å². The number of anilines is 1. The minimum atomic E-state index is -0.734. The molecule has 0 saturated carbocycles. The fourth-order valence-corrected chi connectivity index (χ4v) is 2.06. The Kier molecular flexibility index (Phi) is 5.32. The molecule has 0 bridgehead atoms. The number of amides is 1. The number of nitro groups is 1. The van der Waals surface area contributed by atoms with Crippen LogP contribution in [0.5, 0.6) is 5.75 Å². The van der Waals surface area contributed by atoms with Gasteiger partial charge in [0.2, 0.25) is 0 Å². The lowest BCUT2D eigenvalue weighted by atomic mass is 10.2. The molecule has 0 aliphatic rings. The van der Waals surface area contributed by atoms with E-state index in [0.717, 1.165) is 0 Å². The highest BCUT2D eigenvalue weighted by Crippen LogP contribution is 2.28. The quantitative estimate of drug-likeness (QED) is 0.475. The van der Waals surface area contributed by atoms with Gasteiger partial charge in [0.15, 0.2) is 6.61 Å². The van der Waals surface area contributed by atoms with Gasteiger partial charge in [-0.15, -0.1) is 0 Å². The standard InChI is InChI=1S/C15H15N3O7/c1-8-14(9(2)25-17-8)15(20)24-7-13(19)16-11-5-4-10(18(21)22)6-12(11)23-3/h4-6H,7H2,1-3H3,(H,16,19). The molecule has 0 unspecified atom stereocenters. The molecule has 1 amide bonds. The number of carbonyl (C=O) groups excluding carboxylic acids is 2. The van der Waals surface area contributed by atoms with E-state index >= 15 is 0 Å². The van der Waals surface area contributed by atoms with Crippen molar-refractivity contribution >= 4 is 23.3 Å². The molecule has 2 rings (SSSR count). The first-order valence-electron chi connectivity index (χ1n) is 7.05. The average molecular weight is 349 g/mol. The summed E-state index contributed by atoms with van der Waals surface area (Å²) < 4.78 is 14.8. The van der Waals surface area contributed by atoms with Crippen LogP contribution >= 0.6 is 0 Å². The van der Waals surface area contributed by atoms with Crippen LogP contribution in [-0.4, -0.2) is 35.7 Å². The van der Waals surface area contributed by atoms with Crippen LogP contribution in [0.4, 0.5) is 11.4 Å². The third kappa shape index (κ3) is 4.10. The largest absolute Gasteiger partial charge is 0.494 e. The monoisotopic (exact) mass is 349 g/mol. The van der Waals surface area contributed by atoms with Crippen LogP contribution in [0.1, 0.15) is 21.8 Å². The van der Waals surface area contributed by atoms with Gasteiger partial charge in [-0.1, -0.05) is 5.16 Å². The number of esters is 1. The van der Waals surface area contributed by atoms with Gasteiger partial charge in [-0.05, 0) is 19.9 Å². The zero-order chi connectivity index (χ0) is 18.6. The highest BCUT2D eigenvalue weighted by atomic mass is 16.6. The number of non-ortho nitro benzene ring substituents is 1.